The highest BCUT2D eigenvalue weighted by atomic mass is 16.5. The topological polar surface area (TPSA) is 50.4 Å². The van der Waals surface area contributed by atoms with Crippen molar-refractivity contribution in [2.24, 2.45) is 0 Å². The summed E-state index contributed by atoms with van der Waals surface area (Å²) in [6.45, 7) is 9.98. The van der Waals surface area contributed by atoms with Crippen LogP contribution in [0.15, 0.2) is 0 Å². The zero-order valence-corrected chi connectivity index (χ0v) is 11.0. The van der Waals surface area contributed by atoms with Gasteiger partial charge in [0.25, 0.3) is 0 Å². The van der Waals surface area contributed by atoms with Gasteiger partial charge in [-0.3, -0.25) is 4.79 Å². The molecule has 0 fully saturated rings. The van der Waals surface area contributed by atoms with Gasteiger partial charge in [0.15, 0.2) is 0 Å². The Hall–Kier alpha value is -0.610. The largest absolute Gasteiger partial charge is 0.379 e. The molecule has 0 aromatic carbocycles. The second-order valence-corrected chi connectivity index (χ2v) is 4.31. The number of hydrogen-bond donors (Lipinski definition) is 2. The first kappa shape index (κ1) is 15.4. The third-order valence-electron chi connectivity index (χ3n) is 2.32. The first-order chi connectivity index (χ1) is 7.56. The van der Waals surface area contributed by atoms with Gasteiger partial charge in [-0.1, -0.05) is 6.92 Å². The van der Waals surface area contributed by atoms with Crippen LogP contribution in [0, 0.1) is 0 Å². The van der Waals surface area contributed by atoms with Crippen molar-refractivity contribution in [3.63, 3.8) is 0 Å². The van der Waals surface area contributed by atoms with Crippen molar-refractivity contribution in [1.29, 1.82) is 0 Å². The predicted molar refractivity (Wildman–Crippen MR) is 66.5 cm³/mol. The molecule has 0 aliphatic rings. The van der Waals surface area contributed by atoms with Crippen LogP contribution in [-0.4, -0.2) is 37.7 Å². The smallest absolute Gasteiger partial charge is 0.233 e. The van der Waals surface area contributed by atoms with Gasteiger partial charge in [0.2, 0.25) is 5.91 Å². The van der Waals surface area contributed by atoms with Crippen LogP contribution in [0.1, 0.15) is 40.5 Å². The number of hydrogen-bond acceptors (Lipinski definition) is 3. The zero-order chi connectivity index (χ0) is 12.4. The lowest BCUT2D eigenvalue weighted by Crippen LogP contribution is -2.38. The molecule has 0 aromatic rings. The van der Waals surface area contributed by atoms with Gasteiger partial charge in [-0.05, 0) is 33.6 Å². The van der Waals surface area contributed by atoms with Gasteiger partial charge in [0.05, 0.1) is 12.6 Å². The van der Waals surface area contributed by atoms with Crippen LogP contribution in [0.2, 0.25) is 0 Å². The fraction of sp³-hybridized carbons (Fsp3) is 0.917. The standard InChI is InChI=1S/C12H26N2O2/c1-5-11(4)14-9-12(15)13-7-6-8-16-10(2)3/h10-11,14H,5-9H2,1-4H3,(H,13,15). The van der Waals surface area contributed by atoms with Crippen molar-refractivity contribution < 1.29 is 9.53 Å². The van der Waals surface area contributed by atoms with Crippen LogP contribution in [0.25, 0.3) is 0 Å². The molecule has 2 N–H and O–H groups in total. The van der Waals surface area contributed by atoms with E-state index in [2.05, 4.69) is 24.5 Å². The van der Waals surface area contributed by atoms with Crippen LogP contribution >= 0.6 is 0 Å². The number of ether oxygens (including phenoxy) is 1. The predicted octanol–water partition coefficient (Wildman–Crippen LogP) is 1.31. The van der Waals surface area contributed by atoms with E-state index in [0.29, 0.717) is 25.7 Å². The second-order valence-electron chi connectivity index (χ2n) is 4.31. The molecular weight excluding hydrogens is 204 g/mol. The molecule has 4 heteroatoms. The van der Waals surface area contributed by atoms with E-state index < -0.39 is 0 Å². The van der Waals surface area contributed by atoms with Gasteiger partial charge >= 0.3 is 0 Å². The maximum atomic E-state index is 11.3. The van der Waals surface area contributed by atoms with Crippen LogP contribution in [0.3, 0.4) is 0 Å². The van der Waals surface area contributed by atoms with Gasteiger partial charge in [-0.25, -0.2) is 0 Å². The zero-order valence-electron chi connectivity index (χ0n) is 11.0. The lowest BCUT2D eigenvalue weighted by atomic mass is 10.2. The molecule has 1 atom stereocenters. The van der Waals surface area contributed by atoms with Crippen LogP contribution in [-0.2, 0) is 9.53 Å². The van der Waals surface area contributed by atoms with Crippen molar-refractivity contribution in [3.05, 3.63) is 0 Å². The molecule has 0 saturated carbocycles. The molecule has 1 amide bonds. The van der Waals surface area contributed by atoms with Gasteiger partial charge in [-0.2, -0.15) is 0 Å². The summed E-state index contributed by atoms with van der Waals surface area (Å²) in [6.07, 6.45) is 2.17. The summed E-state index contributed by atoms with van der Waals surface area (Å²) in [5, 5.41) is 6.00. The molecule has 0 aromatic heterocycles. The molecule has 0 radical (unpaired) electrons. The average Bonchev–Trinajstić information content (AvgIpc) is 2.24. The van der Waals surface area contributed by atoms with Crippen molar-refractivity contribution in [2.75, 3.05) is 19.7 Å². The maximum absolute atomic E-state index is 11.3. The first-order valence-electron chi connectivity index (χ1n) is 6.18. The molecule has 0 bridgehead atoms. The molecule has 1 unspecified atom stereocenters. The highest BCUT2D eigenvalue weighted by Gasteiger charge is 2.02. The van der Waals surface area contributed by atoms with Crippen molar-refractivity contribution in [1.82, 2.24) is 10.6 Å². The molecule has 0 rings (SSSR count). The van der Waals surface area contributed by atoms with Gasteiger partial charge < -0.3 is 15.4 Å². The Morgan fingerprint density at radius 2 is 2.00 bits per heavy atom. The maximum Gasteiger partial charge on any atom is 0.233 e. The third-order valence-corrected chi connectivity index (χ3v) is 2.32. The van der Waals surface area contributed by atoms with E-state index >= 15 is 0 Å². The van der Waals surface area contributed by atoms with Crippen LogP contribution in [0.4, 0.5) is 0 Å². The molecule has 16 heavy (non-hydrogen) atoms. The lowest BCUT2D eigenvalue weighted by molar-refractivity contribution is -0.120. The second kappa shape index (κ2) is 9.60. The molecule has 0 aliphatic carbocycles. The Morgan fingerprint density at radius 1 is 1.31 bits per heavy atom. The number of carbonyl (C=O) groups excluding carboxylic acids is 1. The molecule has 96 valence electrons. The van der Waals surface area contributed by atoms with E-state index in [9.17, 15) is 4.79 Å². The van der Waals surface area contributed by atoms with E-state index in [0.717, 1.165) is 12.8 Å². The summed E-state index contributed by atoms with van der Waals surface area (Å²) < 4.78 is 5.37. The highest BCUT2D eigenvalue weighted by Crippen LogP contribution is 1.89. The quantitative estimate of drug-likeness (QED) is 0.587. The SMILES string of the molecule is CCC(C)NCC(=O)NCCCOC(C)C. The van der Waals surface area contributed by atoms with Crippen molar-refractivity contribution in [2.45, 2.75) is 52.7 Å². The minimum absolute atomic E-state index is 0.0600. The van der Waals surface area contributed by atoms with Crippen molar-refractivity contribution >= 4 is 5.91 Å². The number of amides is 1. The molecule has 4 nitrogen and oxygen atoms in total. The molecule has 0 aliphatic heterocycles. The summed E-state index contributed by atoms with van der Waals surface area (Å²) >= 11 is 0. The molecule has 0 saturated heterocycles. The Kier molecular flexibility index (Phi) is 9.24. The summed E-state index contributed by atoms with van der Waals surface area (Å²) in [5.41, 5.74) is 0. The fourth-order valence-corrected chi connectivity index (χ4v) is 1.09. The first-order valence-corrected chi connectivity index (χ1v) is 6.18. The minimum atomic E-state index is 0.0600. The van der Waals surface area contributed by atoms with E-state index in [1.165, 1.54) is 0 Å². The highest BCUT2D eigenvalue weighted by molar-refractivity contribution is 5.77. The summed E-state index contributed by atoms with van der Waals surface area (Å²) in [6, 6.07) is 0.398. The summed E-state index contributed by atoms with van der Waals surface area (Å²) in [5.74, 6) is 0.0600. The van der Waals surface area contributed by atoms with Crippen LogP contribution < -0.4 is 10.6 Å². The number of nitrogens with one attached hydrogen (secondary N) is 2. The van der Waals surface area contributed by atoms with Crippen LogP contribution in [0.5, 0.6) is 0 Å². The molecule has 0 spiro atoms. The van der Waals surface area contributed by atoms with Gasteiger partial charge in [0.1, 0.15) is 0 Å². The summed E-state index contributed by atoms with van der Waals surface area (Å²) in [4.78, 5) is 11.3. The van der Waals surface area contributed by atoms with E-state index in [-0.39, 0.29) is 12.0 Å². The van der Waals surface area contributed by atoms with Gasteiger partial charge in [0, 0.05) is 19.2 Å². The Bertz CT molecular complexity index is 184. The van der Waals surface area contributed by atoms with E-state index in [1.54, 1.807) is 0 Å². The van der Waals surface area contributed by atoms with E-state index in [1.807, 2.05) is 13.8 Å². The normalized spacial score (nSPS) is 12.8. The number of carbonyl (C=O) groups is 1. The van der Waals surface area contributed by atoms with E-state index in [4.69, 9.17) is 4.74 Å². The fourth-order valence-electron chi connectivity index (χ4n) is 1.09. The lowest BCUT2D eigenvalue weighted by Gasteiger charge is -2.11. The monoisotopic (exact) mass is 230 g/mol. The number of rotatable bonds is 9. The Morgan fingerprint density at radius 3 is 2.56 bits per heavy atom. The van der Waals surface area contributed by atoms with Gasteiger partial charge in [-0.15, -0.1) is 0 Å². The van der Waals surface area contributed by atoms with Crippen molar-refractivity contribution in [3.8, 4) is 0 Å². The summed E-state index contributed by atoms with van der Waals surface area (Å²) in [7, 11) is 0. The third kappa shape index (κ3) is 9.93. The average molecular weight is 230 g/mol. The minimum Gasteiger partial charge on any atom is -0.379 e. The Labute approximate surface area is 99.1 Å². The molecular formula is C12H26N2O2. The Balaban J connectivity index is 3.30. The molecule has 0 heterocycles.